The molecule has 1 saturated carbocycles. The number of thioether (sulfide) groups is 1. The van der Waals surface area contributed by atoms with Gasteiger partial charge in [-0.25, -0.2) is 0 Å². The average molecular weight is 290 g/mol. The van der Waals surface area contributed by atoms with Gasteiger partial charge in [-0.1, -0.05) is 24.9 Å². The van der Waals surface area contributed by atoms with Gasteiger partial charge < -0.3 is 5.32 Å². The Labute approximate surface area is 115 Å². The monoisotopic (exact) mass is 289 g/mol. The lowest BCUT2D eigenvalue weighted by atomic mass is 10.2. The molecule has 2 atom stereocenters. The van der Waals surface area contributed by atoms with Crippen molar-refractivity contribution in [2.24, 2.45) is 0 Å². The summed E-state index contributed by atoms with van der Waals surface area (Å²) in [5.41, 5.74) is 0. The summed E-state index contributed by atoms with van der Waals surface area (Å²) in [5.74, 6) is 1.14. The third-order valence-corrected chi connectivity index (χ3v) is 5.50. The van der Waals surface area contributed by atoms with Gasteiger partial charge >= 0.3 is 0 Å². The van der Waals surface area contributed by atoms with Gasteiger partial charge in [0.15, 0.2) is 0 Å². The summed E-state index contributed by atoms with van der Waals surface area (Å²) in [6.45, 7) is 2.17. The van der Waals surface area contributed by atoms with E-state index in [1.54, 1.807) is 12.1 Å². The van der Waals surface area contributed by atoms with Crippen LogP contribution in [0.5, 0.6) is 0 Å². The molecule has 17 heavy (non-hydrogen) atoms. The van der Waals surface area contributed by atoms with Gasteiger partial charge in [0.05, 0.1) is 9.21 Å². The standard InChI is InChI=1S/C12H16ClNOS2/c1-2-16-9-5-3-4-8(9)14-12(15)10-6-7-11(13)17-10/h6-9H,2-5H2,1H3,(H,14,15)/t8-,9+/m1/s1. The second-order valence-corrected chi connectivity index (χ2v) is 7.34. The fourth-order valence-corrected chi connectivity index (χ4v) is 4.32. The average Bonchev–Trinajstić information content (AvgIpc) is 2.89. The van der Waals surface area contributed by atoms with Crippen molar-refractivity contribution in [2.75, 3.05) is 5.75 Å². The van der Waals surface area contributed by atoms with E-state index in [-0.39, 0.29) is 5.91 Å². The van der Waals surface area contributed by atoms with Crippen molar-refractivity contribution < 1.29 is 4.79 Å². The second-order valence-electron chi connectivity index (χ2n) is 4.11. The molecule has 1 aliphatic rings. The van der Waals surface area contributed by atoms with Crippen molar-refractivity contribution in [3.05, 3.63) is 21.3 Å². The number of rotatable bonds is 4. The summed E-state index contributed by atoms with van der Waals surface area (Å²) in [6.07, 6.45) is 3.53. The highest BCUT2D eigenvalue weighted by atomic mass is 35.5. The van der Waals surface area contributed by atoms with E-state index in [1.165, 1.54) is 24.2 Å². The number of amides is 1. The first-order chi connectivity index (χ1) is 8.20. The van der Waals surface area contributed by atoms with Crippen molar-refractivity contribution in [1.82, 2.24) is 5.32 Å². The van der Waals surface area contributed by atoms with Crippen molar-refractivity contribution >= 4 is 40.6 Å². The van der Waals surface area contributed by atoms with Crippen LogP contribution in [0.1, 0.15) is 35.9 Å². The summed E-state index contributed by atoms with van der Waals surface area (Å²) in [4.78, 5) is 12.7. The Morgan fingerprint density at radius 3 is 3.06 bits per heavy atom. The zero-order chi connectivity index (χ0) is 12.3. The zero-order valence-corrected chi connectivity index (χ0v) is 12.1. The van der Waals surface area contributed by atoms with E-state index >= 15 is 0 Å². The Balaban J connectivity index is 1.94. The summed E-state index contributed by atoms with van der Waals surface area (Å²) >= 11 is 9.13. The van der Waals surface area contributed by atoms with Crippen LogP contribution in [-0.2, 0) is 0 Å². The van der Waals surface area contributed by atoms with Gasteiger partial charge in [-0.15, -0.1) is 11.3 Å². The van der Waals surface area contributed by atoms with Crippen molar-refractivity contribution in [2.45, 2.75) is 37.5 Å². The van der Waals surface area contributed by atoms with E-state index in [0.29, 0.717) is 20.5 Å². The minimum Gasteiger partial charge on any atom is -0.347 e. The van der Waals surface area contributed by atoms with Crippen LogP contribution in [0.4, 0.5) is 0 Å². The van der Waals surface area contributed by atoms with Crippen molar-refractivity contribution in [3.8, 4) is 0 Å². The molecule has 0 unspecified atom stereocenters. The van der Waals surface area contributed by atoms with Gasteiger partial charge in [0.1, 0.15) is 0 Å². The summed E-state index contributed by atoms with van der Waals surface area (Å²) in [6, 6.07) is 3.89. The molecule has 1 aromatic rings. The van der Waals surface area contributed by atoms with Crippen LogP contribution in [0.2, 0.25) is 4.34 Å². The lowest BCUT2D eigenvalue weighted by Gasteiger charge is -2.19. The molecule has 2 rings (SSSR count). The topological polar surface area (TPSA) is 29.1 Å². The fraction of sp³-hybridized carbons (Fsp3) is 0.583. The van der Waals surface area contributed by atoms with Gasteiger partial charge in [0.25, 0.3) is 5.91 Å². The number of hydrogen-bond donors (Lipinski definition) is 1. The number of carbonyl (C=O) groups is 1. The van der Waals surface area contributed by atoms with Crippen LogP contribution >= 0.6 is 34.7 Å². The van der Waals surface area contributed by atoms with Gasteiger partial charge in [0, 0.05) is 11.3 Å². The lowest BCUT2D eigenvalue weighted by molar-refractivity contribution is 0.0943. The molecule has 5 heteroatoms. The maximum absolute atomic E-state index is 12.0. The Bertz CT molecular complexity index is 394. The normalized spacial score (nSPS) is 23.9. The molecule has 1 N–H and O–H groups in total. The fourth-order valence-electron chi connectivity index (χ4n) is 2.18. The number of thiophene rings is 1. The predicted octanol–water partition coefficient (Wildman–Crippen LogP) is 3.81. The van der Waals surface area contributed by atoms with Gasteiger partial charge in [-0.3, -0.25) is 4.79 Å². The molecule has 0 spiro atoms. The van der Waals surface area contributed by atoms with E-state index in [4.69, 9.17) is 11.6 Å². The third kappa shape index (κ3) is 3.39. The molecule has 1 fully saturated rings. The zero-order valence-electron chi connectivity index (χ0n) is 9.74. The van der Waals surface area contributed by atoms with E-state index in [1.807, 2.05) is 11.8 Å². The molecule has 1 heterocycles. The molecule has 0 bridgehead atoms. The maximum atomic E-state index is 12.0. The molecule has 0 aliphatic heterocycles. The molecular formula is C12H16ClNOS2. The van der Waals surface area contributed by atoms with Gasteiger partial charge in [0.2, 0.25) is 0 Å². The number of nitrogens with one attached hydrogen (secondary N) is 1. The molecule has 0 saturated heterocycles. The Hall–Kier alpha value is -0.190. The lowest BCUT2D eigenvalue weighted by Crippen LogP contribution is -2.38. The van der Waals surface area contributed by atoms with Crippen LogP contribution in [0.15, 0.2) is 12.1 Å². The molecule has 1 amide bonds. The highest BCUT2D eigenvalue weighted by Crippen LogP contribution is 2.30. The van der Waals surface area contributed by atoms with Crippen molar-refractivity contribution in [1.29, 1.82) is 0 Å². The summed E-state index contributed by atoms with van der Waals surface area (Å²) in [5, 5.41) is 3.72. The van der Waals surface area contributed by atoms with Gasteiger partial charge in [-0.05, 0) is 30.7 Å². The number of halogens is 1. The van der Waals surface area contributed by atoms with E-state index in [9.17, 15) is 4.79 Å². The Morgan fingerprint density at radius 1 is 1.59 bits per heavy atom. The molecule has 0 aromatic carbocycles. The Morgan fingerprint density at radius 2 is 2.41 bits per heavy atom. The van der Waals surface area contributed by atoms with E-state index < -0.39 is 0 Å². The number of hydrogen-bond acceptors (Lipinski definition) is 3. The predicted molar refractivity (Wildman–Crippen MR) is 76.4 cm³/mol. The Kier molecular flexibility index (Phi) is 4.77. The highest BCUT2D eigenvalue weighted by Gasteiger charge is 2.28. The van der Waals surface area contributed by atoms with Gasteiger partial charge in [-0.2, -0.15) is 11.8 Å². The van der Waals surface area contributed by atoms with Crippen LogP contribution in [0.25, 0.3) is 0 Å². The minimum atomic E-state index is 0.0236. The molecule has 0 radical (unpaired) electrons. The minimum absolute atomic E-state index is 0.0236. The van der Waals surface area contributed by atoms with Crippen LogP contribution < -0.4 is 5.32 Å². The first kappa shape index (κ1) is 13.2. The highest BCUT2D eigenvalue weighted by molar-refractivity contribution is 7.99. The third-order valence-electron chi connectivity index (χ3n) is 2.95. The molecule has 1 aromatic heterocycles. The van der Waals surface area contributed by atoms with Crippen LogP contribution in [-0.4, -0.2) is 23.0 Å². The second kappa shape index (κ2) is 6.12. The van der Waals surface area contributed by atoms with E-state index in [0.717, 1.165) is 12.2 Å². The summed E-state index contributed by atoms with van der Waals surface area (Å²) < 4.78 is 0.668. The van der Waals surface area contributed by atoms with Crippen molar-refractivity contribution in [3.63, 3.8) is 0 Å². The van der Waals surface area contributed by atoms with Crippen LogP contribution in [0, 0.1) is 0 Å². The van der Waals surface area contributed by atoms with E-state index in [2.05, 4.69) is 12.2 Å². The smallest absolute Gasteiger partial charge is 0.261 e. The maximum Gasteiger partial charge on any atom is 0.261 e. The van der Waals surface area contributed by atoms with Crippen LogP contribution in [0.3, 0.4) is 0 Å². The number of carbonyl (C=O) groups excluding carboxylic acids is 1. The molecule has 2 nitrogen and oxygen atoms in total. The quantitative estimate of drug-likeness (QED) is 0.913. The first-order valence-corrected chi connectivity index (χ1v) is 8.13. The largest absolute Gasteiger partial charge is 0.347 e. The summed E-state index contributed by atoms with van der Waals surface area (Å²) in [7, 11) is 0. The first-order valence-electron chi connectivity index (χ1n) is 5.88. The SMILES string of the molecule is CCS[C@H]1CCC[C@H]1NC(=O)c1ccc(Cl)s1. The molecular weight excluding hydrogens is 274 g/mol. The molecule has 94 valence electrons. The molecule has 1 aliphatic carbocycles.